The van der Waals surface area contributed by atoms with Crippen molar-refractivity contribution in [2.24, 2.45) is 5.41 Å². The van der Waals surface area contributed by atoms with Gasteiger partial charge in [0.15, 0.2) is 5.13 Å². The number of carbonyl (C=O) groups is 2. The summed E-state index contributed by atoms with van der Waals surface area (Å²) >= 11 is 1.38. The Morgan fingerprint density at radius 3 is 2.46 bits per heavy atom. The third kappa shape index (κ3) is 3.06. The first-order chi connectivity index (χ1) is 12.5. The van der Waals surface area contributed by atoms with Crippen molar-refractivity contribution in [1.82, 2.24) is 4.98 Å². The van der Waals surface area contributed by atoms with Crippen molar-refractivity contribution in [3.63, 3.8) is 0 Å². The standard InChI is InChI=1S/C19H16FN3O2S/c1-11-2-7-14-15(10-11)26-18(22-14)23-17(25)19(8-9-19)16(24)21-13-5-3-12(20)4-6-13/h2-7,10H,8-9H2,1H3,(H,21,24)(H,22,23,25). The lowest BCUT2D eigenvalue weighted by molar-refractivity contribution is -0.131. The maximum Gasteiger partial charge on any atom is 0.241 e. The minimum atomic E-state index is -1.08. The lowest BCUT2D eigenvalue weighted by atomic mass is 10.1. The molecular weight excluding hydrogens is 353 g/mol. The van der Waals surface area contributed by atoms with Crippen LogP contribution in [0, 0.1) is 18.2 Å². The molecule has 0 bridgehead atoms. The van der Waals surface area contributed by atoms with Gasteiger partial charge in [-0.3, -0.25) is 9.59 Å². The average Bonchev–Trinajstić information content (AvgIpc) is 3.33. The number of anilines is 2. The molecule has 2 N–H and O–H groups in total. The van der Waals surface area contributed by atoms with E-state index in [1.165, 1.54) is 35.6 Å². The minimum absolute atomic E-state index is 0.354. The summed E-state index contributed by atoms with van der Waals surface area (Å²) in [6, 6.07) is 11.3. The number of amides is 2. The molecule has 1 fully saturated rings. The van der Waals surface area contributed by atoms with E-state index in [1.807, 2.05) is 25.1 Å². The van der Waals surface area contributed by atoms with E-state index >= 15 is 0 Å². The fourth-order valence-corrected chi connectivity index (χ4v) is 3.73. The molecule has 0 radical (unpaired) electrons. The number of rotatable bonds is 4. The molecular formula is C19H16FN3O2S. The molecule has 1 aliphatic rings. The quantitative estimate of drug-likeness (QED) is 0.680. The highest BCUT2D eigenvalue weighted by atomic mass is 32.1. The zero-order chi connectivity index (χ0) is 18.3. The molecule has 2 amide bonds. The molecule has 2 aromatic carbocycles. The monoisotopic (exact) mass is 369 g/mol. The van der Waals surface area contributed by atoms with Gasteiger partial charge in [-0.1, -0.05) is 17.4 Å². The molecule has 26 heavy (non-hydrogen) atoms. The van der Waals surface area contributed by atoms with Gasteiger partial charge in [-0.2, -0.15) is 0 Å². The molecule has 1 heterocycles. The molecule has 4 rings (SSSR count). The smallest absolute Gasteiger partial charge is 0.241 e. The van der Waals surface area contributed by atoms with Gasteiger partial charge in [0.2, 0.25) is 11.8 Å². The van der Waals surface area contributed by atoms with Gasteiger partial charge in [-0.25, -0.2) is 9.37 Å². The van der Waals surface area contributed by atoms with Gasteiger partial charge >= 0.3 is 0 Å². The van der Waals surface area contributed by atoms with E-state index in [0.717, 1.165) is 15.8 Å². The number of nitrogens with one attached hydrogen (secondary N) is 2. The number of hydrogen-bond donors (Lipinski definition) is 2. The van der Waals surface area contributed by atoms with Gasteiger partial charge < -0.3 is 10.6 Å². The van der Waals surface area contributed by atoms with Crippen molar-refractivity contribution < 1.29 is 14.0 Å². The van der Waals surface area contributed by atoms with Gasteiger partial charge in [-0.05, 0) is 61.7 Å². The van der Waals surface area contributed by atoms with Crippen LogP contribution in [-0.4, -0.2) is 16.8 Å². The fraction of sp³-hybridized carbons (Fsp3) is 0.211. The number of carbonyl (C=O) groups excluding carboxylic acids is 2. The maximum absolute atomic E-state index is 13.0. The van der Waals surface area contributed by atoms with E-state index in [1.54, 1.807) is 0 Å². The SMILES string of the molecule is Cc1ccc2nc(NC(=O)C3(C(=O)Nc4ccc(F)cc4)CC3)sc2c1. The van der Waals surface area contributed by atoms with Gasteiger partial charge in [0.1, 0.15) is 11.2 Å². The van der Waals surface area contributed by atoms with Crippen LogP contribution in [0.15, 0.2) is 42.5 Å². The van der Waals surface area contributed by atoms with Crippen molar-refractivity contribution in [1.29, 1.82) is 0 Å². The third-order valence-corrected chi connectivity index (χ3v) is 5.42. The molecule has 1 aliphatic carbocycles. The Hall–Kier alpha value is -2.80. The van der Waals surface area contributed by atoms with Crippen molar-refractivity contribution in [3.05, 3.63) is 53.8 Å². The number of aryl methyl sites for hydroxylation is 1. The van der Waals surface area contributed by atoms with Crippen LogP contribution < -0.4 is 10.6 Å². The number of aromatic nitrogens is 1. The first-order valence-electron chi connectivity index (χ1n) is 8.22. The van der Waals surface area contributed by atoms with Gasteiger partial charge in [0.25, 0.3) is 0 Å². The zero-order valence-corrected chi connectivity index (χ0v) is 14.8. The molecule has 132 valence electrons. The van der Waals surface area contributed by atoms with E-state index in [4.69, 9.17) is 0 Å². The first kappa shape index (κ1) is 16.7. The average molecular weight is 369 g/mol. The molecule has 0 aliphatic heterocycles. The van der Waals surface area contributed by atoms with E-state index in [-0.39, 0.29) is 17.6 Å². The molecule has 1 aromatic heterocycles. The largest absolute Gasteiger partial charge is 0.325 e. The third-order valence-electron chi connectivity index (χ3n) is 4.49. The fourth-order valence-electron chi connectivity index (χ4n) is 2.77. The van der Waals surface area contributed by atoms with Crippen LogP contribution in [0.1, 0.15) is 18.4 Å². The van der Waals surface area contributed by atoms with E-state index < -0.39 is 5.41 Å². The van der Waals surface area contributed by atoms with Crippen LogP contribution in [0.3, 0.4) is 0 Å². The lowest BCUT2D eigenvalue weighted by Crippen LogP contribution is -2.35. The number of halogens is 1. The summed E-state index contributed by atoms with van der Waals surface area (Å²) in [7, 11) is 0. The second-order valence-electron chi connectivity index (χ2n) is 6.49. The second-order valence-corrected chi connectivity index (χ2v) is 7.52. The van der Waals surface area contributed by atoms with Gasteiger partial charge in [-0.15, -0.1) is 0 Å². The summed E-state index contributed by atoms with van der Waals surface area (Å²) in [6.45, 7) is 2.00. The second kappa shape index (κ2) is 6.17. The normalized spacial score (nSPS) is 14.8. The minimum Gasteiger partial charge on any atom is -0.325 e. The number of fused-ring (bicyclic) bond motifs is 1. The summed E-state index contributed by atoms with van der Waals surface area (Å²) in [5.41, 5.74) is 1.32. The lowest BCUT2D eigenvalue weighted by Gasteiger charge is -2.14. The van der Waals surface area contributed by atoms with Crippen LogP contribution in [0.5, 0.6) is 0 Å². The highest BCUT2D eigenvalue weighted by Crippen LogP contribution is 2.47. The topological polar surface area (TPSA) is 71.1 Å². The van der Waals surface area contributed by atoms with Gasteiger partial charge in [0.05, 0.1) is 10.2 Å². The van der Waals surface area contributed by atoms with Crippen LogP contribution in [-0.2, 0) is 9.59 Å². The molecule has 1 saturated carbocycles. The molecule has 0 unspecified atom stereocenters. The molecule has 0 atom stereocenters. The van der Waals surface area contributed by atoms with Crippen LogP contribution in [0.2, 0.25) is 0 Å². The summed E-state index contributed by atoms with van der Waals surface area (Å²) in [5.74, 6) is -1.11. The Labute approximate surface area is 153 Å². The number of nitrogens with zero attached hydrogens (tertiary/aromatic N) is 1. The van der Waals surface area contributed by atoms with Crippen LogP contribution in [0.4, 0.5) is 15.2 Å². The Bertz CT molecular complexity index is 1010. The Kier molecular flexibility index (Phi) is 3.96. The highest BCUT2D eigenvalue weighted by Gasteiger charge is 2.56. The molecule has 3 aromatic rings. The summed E-state index contributed by atoms with van der Waals surface area (Å²) < 4.78 is 14.0. The number of benzene rings is 2. The zero-order valence-electron chi connectivity index (χ0n) is 14.0. The predicted molar refractivity (Wildman–Crippen MR) is 99.7 cm³/mol. The van der Waals surface area contributed by atoms with Crippen molar-refractivity contribution in [2.45, 2.75) is 19.8 Å². The van der Waals surface area contributed by atoms with Crippen molar-refractivity contribution >= 4 is 44.2 Å². The number of thiazole rings is 1. The van der Waals surface area contributed by atoms with E-state index in [2.05, 4.69) is 15.6 Å². The molecule has 0 saturated heterocycles. The van der Waals surface area contributed by atoms with Crippen molar-refractivity contribution in [2.75, 3.05) is 10.6 Å². The Morgan fingerprint density at radius 2 is 1.77 bits per heavy atom. The Morgan fingerprint density at radius 1 is 1.08 bits per heavy atom. The van der Waals surface area contributed by atoms with E-state index in [0.29, 0.717) is 23.7 Å². The highest BCUT2D eigenvalue weighted by molar-refractivity contribution is 7.22. The summed E-state index contributed by atoms with van der Waals surface area (Å²) in [4.78, 5) is 29.6. The number of hydrogen-bond acceptors (Lipinski definition) is 4. The maximum atomic E-state index is 13.0. The molecule has 0 spiro atoms. The molecule has 7 heteroatoms. The predicted octanol–water partition coefficient (Wildman–Crippen LogP) is 4.10. The van der Waals surface area contributed by atoms with Crippen LogP contribution in [0.25, 0.3) is 10.2 Å². The van der Waals surface area contributed by atoms with Gasteiger partial charge in [0, 0.05) is 5.69 Å². The van der Waals surface area contributed by atoms with E-state index in [9.17, 15) is 14.0 Å². The summed E-state index contributed by atoms with van der Waals surface area (Å²) in [5, 5.41) is 5.95. The summed E-state index contributed by atoms with van der Waals surface area (Å²) in [6.07, 6.45) is 0.964. The first-order valence-corrected chi connectivity index (χ1v) is 9.04. The Balaban J connectivity index is 1.49. The molecule has 5 nitrogen and oxygen atoms in total. The van der Waals surface area contributed by atoms with Crippen molar-refractivity contribution in [3.8, 4) is 0 Å². The van der Waals surface area contributed by atoms with Crippen LogP contribution >= 0.6 is 11.3 Å².